The second-order valence-electron chi connectivity index (χ2n) is 5.99. The molecule has 27 heavy (non-hydrogen) atoms. The normalized spacial score (nSPS) is 11.4. The summed E-state index contributed by atoms with van der Waals surface area (Å²) in [5.41, 5.74) is 2.51. The molecule has 3 rings (SSSR count). The molecule has 140 valence electrons. The number of aromatic nitrogens is 1. The van der Waals surface area contributed by atoms with Gasteiger partial charge >= 0.3 is 0 Å². The van der Waals surface area contributed by atoms with E-state index in [1.165, 1.54) is 12.1 Å². The molecule has 0 spiro atoms. The quantitative estimate of drug-likeness (QED) is 0.470. The highest BCUT2D eigenvalue weighted by molar-refractivity contribution is 5.43. The van der Waals surface area contributed by atoms with E-state index in [-0.39, 0.29) is 5.82 Å². The van der Waals surface area contributed by atoms with Gasteiger partial charge in [0.2, 0.25) is 0 Å². The molecule has 6 heteroatoms. The van der Waals surface area contributed by atoms with Gasteiger partial charge in [0.25, 0.3) is 0 Å². The fraction of sp³-hybridized carbons (Fsp3) is 0.190. The number of pyridine rings is 1. The number of halogens is 1. The Bertz CT molecular complexity index is 906. The van der Waals surface area contributed by atoms with Gasteiger partial charge < -0.3 is 15.3 Å². The van der Waals surface area contributed by atoms with Crippen molar-refractivity contribution < 1.29 is 14.3 Å². The molecule has 1 aromatic heterocycles. The van der Waals surface area contributed by atoms with Crippen LogP contribution >= 0.6 is 0 Å². The largest absolute Gasteiger partial charge is 0.494 e. The van der Waals surface area contributed by atoms with Crippen LogP contribution in [0.15, 0.2) is 77.9 Å². The third-order valence-electron chi connectivity index (χ3n) is 3.93. The lowest BCUT2D eigenvalue weighted by atomic mass is 10.2. The molecule has 0 saturated carbocycles. The molecule has 0 aliphatic carbocycles. The van der Waals surface area contributed by atoms with E-state index in [0.29, 0.717) is 25.2 Å². The van der Waals surface area contributed by atoms with Crippen molar-refractivity contribution in [3.05, 3.63) is 89.8 Å². The fourth-order valence-electron chi connectivity index (χ4n) is 2.47. The first-order chi connectivity index (χ1) is 13.2. The van der Waals surface area contributed by atoms with Crippen LogP contribution in [0.5, 0.6) is 5.75 Å². The number of anilines is 1. The van der Waals surface area contributed by atoms with E-state index < -0.39 is 0 Å². The first-order valence-corrected chi connectivity index (χ1v) is 8.79. The van der Waals surface area contributed by atoms with Crippen molar-refractivity contribution in [2.75, 3.05) is 18.5 Å². The summed E-state index contributed by atoms with van der Waals surface area (Å²) in [5.74, 6) is 0.562. The molecule has 2 aromatic carbocycles. The molecule has 3 aromatic rings. The summed E-state index contributed by atoms with van der Waals surface area (Å²) >= 11 is 0. The number of rotatable bonds is 8. The van der Waals surface area contributed by atoms with E-state index in [9.17, 15) is 9.60 Å². The zero-order valence-electron chi connectivity index (χ0n) is 14.9. The van der Waals surface area contributed by atoms with Gasteiger partial charge in [-0.1, -0.05) is 18.2 Å². The van der Waals surface area contributed by atoms with Crippen LogP contribution in [0, 0.1) is 5.82 Å². The number of nitrogens with one attached hydrogen (secondary N) is 1. The van der Waals surface area contributed by atoms with Crippen molar-refractivity contribution in [1.82, 2.24) is 4.73 Å². The Morgan fingerprint density at radius 3 is 2.52 bits per heavy atom. The smallest absolute Gasteiger partial charge is 0.163 e. The van der Waals surface area contributed by atoms with Crippen LogP contribution in [0.25, 0.3) is 0 Å². The molecule has 0 fully saturated rings. The van der Waals surface area contributed by atoms with Crippen LogP contribution in [-0.2, 0) is 6.54 Å². The van der Waals surface area contributed by atoms with Crippen molar-refractivity contribution in [2.24, 2.45) is 4.99 Å². The highest BCUT2D eigenvalue weighted by Gasteiger charge is 1.98. The minimum absolute atomic E-state index is 0.242. The van der Waals surface area contributed by atoms with Crippen LogP contribution in [0.1, 0.15) is 12.0 Å². The number of benzene rings is 2. The molecule has 0 bridgehead atoms. The maximum Gasteiger partial charge on any atom is 0.163 e. The summed E-state index contributed by atoms with van der Waals surface area (Å²) in [7, 11) is 0. The Hall–Kier alpha value is -3.28. The van der Waals surface area contributed by atoms with Gasteiger partial charge in [-0.15, -0.1) is 0 Å². The highest BCUT2D eigenvalue weighted by Crippen LogP contribution is 2.14. The summed E-state index contributed by atoms with van der Waals surface area (Å²) in [6.45, 7) is 1.78. The van der Waals surface area contributed by atoms with Crippen molar-refractivity contribution >= 4 is 5.69 Å². The molecule has 0 radical (unpaired) electrons. The van der Waals surface area contributed by atoms with Crippen molar-refractivity contribution in [2.45, 2.75) is 13.0 Å². The zero-order valence-corrected chi connectivity index (χ0v) is 14.9. The molecule has 0 unspecified atom stereocenters. The summed E-state index contributed by atoms with van der Waals surface area (Å²) in [6.07, 6.45) is 2.30. The van der Waals surface area contributed by atoms with Gasteiger partial charge in [0.05, 0.1) is 6.61 Å². The van der Waals surface area contributed by atoms with Crippen molar-refractivity contribution in [3.8, 4) is 5.75 Å². The summed E-state index contributed by atoms with van der Waals surface area (Å²) < 4.78 is 19.6. The SMILES string of the molecule is On1ccccc1=NCCCOc1ccc(CNc2ccc(F)cc2)cc1. The molecule has 0 amide bonds. The molecule has 5 nitrogen and oxygen atoms in total. The fourth-order valence-corrected chi connectivity index (χ4v) is 2.47. The lowest BCUT2D eigenvalue weighted by Crippen LogP contribution is -2.17. The van der Waals surface area contributed by atoms with E-state index in [4.69, 9.17) is 4.74 Å². The first kappa shape index (κ1) is 18.5. The van der Waals surface area contributed by atoms with Gasteiger partial charge in [-0.25, -0.2) is 4.39 Å². The molecular weight excluding hydrogens is 345 g/mol. The Morgan fingerprint density at radius 1 is 1.00 bits per heavy atom. The maximum absolute atomic E-state index is 12.9. The highest BCUT2D eigenvalue weighted by atomic mass is 19.1. The second-order valence-corrected chi connectivity index (χ2v) is 5.99. The summed E-state index contributed by atoms with van der Waals surface area (Å²) in [4.78, 5) is 4.31. The zero-order chi connectivity index (χ0) is 18.9. The lowest BCUT2D eigenvalue weighted by molar-refractivity contribution is 0.171. The number of nitrogens with zero attached hydrogens (tertiary/aromatic N) is 2. The Morgan fingerprint density at radius 2 is 1.78 bits per heavy atom. The molecule has 1 heterocycles. The van der Waals surface area contributed by atoms with Crippen LogP contribution in [0.3, 0.4) is 0 Å². The third kappa shape index (κ3) is 5.88. The molecular formula is C21H22FN3O2. The average Bonchev–Trinajstić information content (AvgIpc) is 2.69. The maximum atomic E-state index is 12.9. The van der Waals surface area contributed by atoms with Crippen LogP contribution in [0.4, 0.5) is 10.1 Å². The standard InChI is InChI=1S/C21H22FN3O2/c22-18-7-9-19(10-8-18)24-16-17-5-11-20(12-6-17)27-15-3-13-23-21-4-1-2-14-25(21)26/h1-2,4-12,14,24,26H,3,13,15-16H2. The lowest BCUT2D eigenvalue weighted by Gasteiger charge is -2.08. The van der Waals surface area contributed by atoms with Gasteiger partial charge in [-0.2, -0.15) is 4.73 Å². The van der Waals surface area contributed by atoms with E-state index in [1.807, 2.05) is 30.3 Å². The summed E-state index contributed by atoms with van der Waals surface area (Å²) in [6, 6.07) is 19.5. The monoisotopic (exact) mass is 367 g/mol. The number of ether oxygens (including phenoxy) is 1. The van der Waals surface area contributed by atoms with Gasteiger partial charge in [0.15, 0.2) is 5.49 Å². The molecule has 0 saturated heterocycles. The van der Waals surface area contributed by atoms with E-state index >= 15 is 0 Å². The predicted octanol–water partition coefficient (Wildman–Crippen LogP) is 3.85. The van der Waals surface area contributed by atoms with E-state index in [2.05, 4.69) is 10.3 Å². The summed E-state index contributed by atoms with van der Waals surface area (Å²) in [5, 5.41) is 12.8. The minimum Gasteiger partial charge on any atom is -0.494 e. The van der Waals surface area contributed by atoms with Gasteiger partial charge in [-0.3, -0.25) is 4.99 Å². The van der Waals surface area contributed by atoms with Crippen LogP contribution in [-0.4, -0.2) is 23.1 Å². The van der Waals surface area contributed by atoms with Crippen LogP contribution < -0.4 is 15.5 Å². The van der Waals surface area contributed by atoms with E-state index in [1.54, 1.807) is 30.5 Å². The second kappa shape index (κ2) is 9.43. The van der Waals surface area contributed by atoms with Crippen molar-refractivity contribution in [1.29, 1.82) is 0 Å². The van der Waals surface area contributed by atoms with E-state index in [0.717, 1.165) is 28.2 Å². The van der Waals surface area contributed by atoms with Gasteiger partial charge in [-0.05, 0) is 54.1 Å². The van der Waals surface area contributed by atoms with Gasteiger partial charge in [0.1, 0.15) is 11.6 Å². The van der Waals surface area contributed by atoms with Crippen LogP contribution in [0.2, 0.25) is 0 Å². The number of hydrogen-bond acceptors (Lipinski definition) is 4. The third-order valence-corrected chi connectivity index (χ3v) is 3.93. The van der Waals surface area contributed by atoms with Crippen molar-refractivity contribution in [3.63, 3.8) is 0 Å². The Kier molecular flexibility index (Phi) is 6.46. The topological polar surface area (TPSA) is 58.8 Å². The first-order valence-electron chi connectivity index (χ1n) is 8.79. The average molecular weight is 367 g/mol. The molecule has 0 aliphatic rings. The van der Waals surface area contributed by atoms with Gasteiger partial charge in [0, 0.05) is 31.4 Å². The molecule has 0 atom stereocenters. The predicted molar refractivity (Wildman–Crippen MR) is 102 cm³/mol. The Labute approximate surface area is 157 Å². The minimum atomic E-state index is -0.242. The Balaban J connectivity index is 1.40. The number of hydrogen-bond donors (Lipinski definition) is 2. The molecule has 0 aliphatic heterocycles. The molecule has 2 N–H and O–H groups in total.